The van der Waals surface area contributed by atoms with Crippen molar-refractivity contribution in [1.29, 1.82) is 0 Å². The van der Waals surface area contributed by atoms with Gasteiger partial charge in [-0.15, -0.1) is 0 Å². The molecule has 43 heteroatoms. The Morgan fingerprint density at radius 3 is 0.924 bits per heavy atom. The van der Waals surface area contributed by atoms with Crippen LogP contribution in [0.5, 0.6) is 0 Å². The van der Waals surface area contributed by atoms with Crippen molar-refractivity contribution in [3.63, 3.8) is 0 Å². The number of carbonyl (C=O) groups is 1. The summed E-state index contributed by atoms with van der Waals surface area (Å²) in [7, 11) is 0. The number of hydrogen-bond donors (Lipinski definition) is 27. The van der Waals surface area contributed by atoms with Crippen LogP contribution >= 0.6 is 0 Å². The van der Waals surface area contributed by atoms with E-state index >= 15 is 0 Å². The van der Waals surface area contributed by atoms with Gasteiger partial charge in [0.05, 0.1) is 89.0 Å². The van der Waals surface area contributed by atoms with E-state index in [2.05, 4.69) is 0 Å². The molecule has 2 bridgehead atoms. The molecule has 1 saturated heterocycles. The molecule has 0 saturated carbocycles. The number of ether oxygens (including phenoxy) is 15. The van der Waals surface area contributed by atoms with Gasteiger partial charge < -0.3 is 209 Å². The molecule has 3 heterocycles. The van der Waals surface area contributed by atoms with E-state index in [1.54, 1.807) is 0 Å². The molecule has 0 aromatic rings. The van der Waals surface area contributed by atoms with Crippen molar-refractivity contribution in [2.75, 3.05) is 92.5 Å². The molecule has 3 rings (SSSR count). The Bertz CT molecular complexity index is 2580. The number of carboxylic acids is 1. The summed E-state index contributed by atoms with van der Waals surface area (Å²) in [5.41, 5.74) is 0. The normalized spacial score (nSPS) is 34.7. The zero-order chi connectivity index (χ0) is 79.5. The smallest absolute Gasteiger partial charge is 0.329 e. The topological polar surface area (TPSA) is 702 Å². The lowest BCUT2D eigenvalue weighted by Gasteiger charge is -2.43. The zero-order valence-electron chi connectivity index (χ0n) is 58.7. The van der Waals surface area contributed by atoms with Crippen LogP contribution in [0.3, 0.4) is 0 Å². The second-order valence-corrected chi connectivity index (χ2v) is 24.6. The first-order chi connectivity index (χ1) is 49.2. The number of aliphatic hydroxyl groups is 26. The van der Waals surface area contributed by atoms with Crippen LogP contribution in [-0.2, 0) is 75.8 Å². The van der Waals surface area contributed by atoms with E-state index in [-0.39, 0.29) is 6.61 Å². The summed E-state index contributed by atoms with van der Waals surface area (Å²) < 4.78 is 81.5. The number of aliphatic carboxylic acids is 1. The Balaban J connectivity index is 3.18. The highest BCUT2D eigenvalue weighted by atomic mass is 16.7. The maximum Gasteiger partial charge on any atom is 0.329 e. The van der Waals surface area contributed by atoms with Crippen LogP contribution < -0.4 is 0 Å². The minimum atomic E-state index is -2.93. The summed E-state index contributed by atoms with van der Waals surface area (Å²) in [6, 6.07) is 0. The van der Waals surface area contributed by atoms with Crippen LogP contribution in [0.15, 0.2) is 57.6 Å². The van der Waals surface area contributed by atoms with E-state index in [9.17, 15) is 143 Å². The number of aliphatic hydroxyl groups excluding tert-OH is 26. The van der Waals surface area contributed by atoms with E-state index in [1.807, 2.05) is 0 Å². The standard InChI is InChI=1S/C62H110O43/c1-27(63)19-91-13-7-33-41(71)49(79)58(87)101-36(10-16-94-22-30(4)66)45(75)53(83)61(90)105-55-39(25-97-24-32(6)68)104-62(54(84)47(55)77)103-38(12-17-95-23-31(5)67)46(76)52(82)60(89)100-35(9-15-93-21-29(3)65)43(73)48(78)56(85)98-34(8-14-92-20-28(2)64)42(72)50(80)59(88)102-37(11-18-96-26-40(69)70)44(74)51(81)57(86)99-33/h27-39,44,47,51,54-68,71-90H,7-26H2,1-6H3,(H,69,70)/b48-43-,49-41+,50-42?,52-46+,53-45-. The van der Waals surface area contributed by atoms with Gasteiger partial charge in [-0.25, -0.2) is 4.79 Å². The van der Waals surface area contributed by atoms with Crippen molar-refractivity contribution in [2.45, 2.75) is 234 Å². The van der Waals surface area contributed by atoms with Gasteiger partial charge >= 0.3 is 5.97 Å². The Labute approximate surface area is 602 Å². The van der Waals surface area contributed by atoms with Crippen LogP contribution in [0.2, 0.25) is 0 Å². The number of fused-ring (bicyclic) bond motifs is 27. The van der Waals surface area contributed by atoms with E-state index in [4.69, 9.17) is 71.1 Å². The van der Waals surface area contributed by atoms with Crippen molar-refractivity contribution in [3.8, 4) is 0 Å². The van der Waals surface area contributed by atoms with E-state index in [0.29, 0.717) is 0 Å². The molecule has 0 radical (unpaired) electrons. The minimum Gasteiger partial charge on any atom is -0.506 e. The third-order valence-corrected chi connectivity index (χ3v) is 14.6. The predicted octanol–water partition coefficient (Wildman–Crippen LogP) is -4.76. The summed E-state index contributed by atoms with van der Waals surface area (Å²) in [6.45, 7) is -0.0538. The third kappa shape index (κ3) is 35.0. The van der Waals surface area contributed by atoms with Gasteiger partial charge in [-0.1, -0.05) is 0 Å². The van der Waals surface area contributed by atoms with Crippen molar-refractivity contribution in [1.82, 2.24) is 0 Å². The first kappa shape index (κ1) is 96.0. The van der Waals surface area contributed by atoms with E-state index in [1.165, 1.54) is 41.5 Å². The molecule has 25 atom stereocenters. The predicted molar refractivity (Wildman–Crippen MR) is 345 cm³/mol. The molecular weight excluding hydrogens is 1430 g/mol. The van der Waals surface area contributed by atoms with E-state index < -0.39 is 342 Å². The molecule has 27 N–H and O–H groups in total. The van der Waals surface area contributed by atoms with Gasteiger partial charge in [0.25, 0.3) is 0 Å². The summed E-state index contributed by atoms with van der Waals surface area (Å²) >= 11 is 0. The Morgan fingerprint density at radius 2 is 0.600 bits per heavy atom. The van der Waals surface area contributed by atoms with Crippen molar-refractivity contribution in [3.05, 3.63) is 57.6 Å². The van der Waals surface area contributed by atoms with Crippen LogP contribution in [0.25, 0.3) is 0 Å². The van der Waals surface area contributed by atoms with Gasteiger partial charge in [0, 0.05) is 71.7 Å². The van der Waals surface area contributed by atoms with Gasteiger partial charge in [-0.05, 0) is 48.0 Å². The Morgan fingerprint density at radius 1 is 0.314 bits per heavy atom. The van der Waals surface area contributed by atoms with Crippen LogP contribution in [0, 0.1) is 0 Å². The summed E-state index contributed by atoms with van der Waals surface area (Å²) in [5, 5.41) is 298. The second-order valence-electron chi connectivity index (χ2n) is 24.6. The van der Waals surface area contributed by atoms with Gasteiger partial charge in [-0.2, -0.15) is 0 Å². The maximum absolute atomic E-state index is 11.7. The van der Waals surface area contributed by atoms with Crippen LogP contribution in [0.4, 0.5) is 0 Å². The monoisotopic (exact) mass is 1540 g/mol. The molecule has 0 amide bonds. The highest BCUT2D eigenvalue weighted by Gasteiger charge is 2.49. The summed E-state index contributed by atoms with van der Waals surface area (Å²) in [4.78, 5) is 11.3. The molecule has 25 unspecified atom stereocenters. The van der Waals surface area contributed by atoms with Gasteiger partial charge in [0.15, 0.2) is 70.2 Å². The largest absolute Gasteiger partial charge is 0.506 e. The lowest BCUT2D eigenvalue weighted by molar-refractivity contribution is -0.331. The SMILES string of the molecule is CC(O)COCCC1OC(O)/C(O)=C(/O)C(CCOCC(C)O)OC(O)/C(O)=C(\O)C(CCOCC(C)O)OC2OC(COCC(C)O)C(OC(O)/C(O)=C(/O)C(CCOCC(C)O)OC(O)/C(O)=C(\O)C(CCOCC(C)O)OC(O)C(O)C(O)C(CCOCC(=O)O)OC(O)C(O)=C1O)C(O)C2O. The van der Waals surface area contributed by atoms with Crippen molar-refractivity contribution >= 4 is 5.97 Å². The highest BCUT2D eigenvalue weighted by molar-refractivity contribution is 5.68. The molecule has 0 aromatic heterocycles. The number of rotatable bonds is 34. The van der Waals surface area contributed by atoms with Crippen LogP contribution in [-0.4, -0.2) is 390 Å². The summed E-state index contributed by atoms with van der Waals surface area (Å²) in [5.74, 6) is -17.2. The average molecular weight is 1540 g/mol. The third-order valence-electron chi connectivity index (χ3n) is 14.6. The fourth-order valence-corrected chi connectivity index (χ4v) is 9.28. The van der Waals surface area contributed by atoms with Crippen molar-refractivity contribution < 1.29 is 214 Å². The van der Waals surface area contributed by atoms with E-state index in [0.717, 1.165) is 0 Å². The number of hydrogen-bond acceptors (Lipinski definition) is 42. The first-order valence-corrected chi connectivity index (χ1v) is 33.2. The second kappa shape index (κ2) is 49.9. The lowest BCUT2D eigenvalue weighted by atomic mass is 9.98. The molecule has 3 aliphatic heterocycles. The van der Waals surface area contributed by atoms with Gasteiger partial charge in [0.1, 0.15) is 73.8 Å². The molecule has 105 heavy (non-hydrogen) atoms. The molecular formula is C62H110O43. The minimum absolute atomic E-state index is 0.365. The number of carboxylic acid groups (broad SMARTS) is 1. The zero-order valence-corrected chi connectivity index (χ0v) is 58.7. The van der Waals surface area contributed by atoms with Crippen molar-refractivity contribution in [2.24, 2.45) is 0 Å². The maximum atomic E-state index is 11.7. The summed E-state index contributed by atoms with van der Waals surface area (Å²) in [6.07, 6.45) is -58.1. The first-order valence-electron chi connectivity index (χ1n) is 33.2. The molecule has 43 nitrogen and oxygen atoms in total. The van der Waals surface area contributed by atoms with Crippen LogP contribution in [0.1, 0.15) is 80.1 Å². The van der Waals surface area contributed by atoms with Gasteiger partial charge in [-0.3, -0.25) is 0 Å². The molecule has 1 fully saturated rings. The molecule has 0 spiro atoms. The average Bonchev–Trinajstić information content (AvgIpc) is 0.797. The Hall–Kier alpha value is -5.07. The Kier molecular flexibility index (Phi) is 45.6. The lowest BCUT2D eigenvalue weighted by Crippen LogP contribution is -2.61. The molecule has 616 valence electrons. The highest BCUT2D eigenvalue weighted by Crippen LogP contribution is 2.32. The molecule has 0 aliphatic carbocycles. The fourth-order valence-electron chi connectivity index (χ4n) is 9.28. The fraction of sp³-hybridized carbons (Fsp3) is 0.823. The molecule has 3 aliphatic rings. The van der Waals surface area contributed by atoms with Gasteiger partial charge in [0.2, 0.25) is 31.5 Å². The quantitative estimate of drug-likeness (QED) is 0.0269. The molecule has 0 aromatic carbocycles.